The Kier molecular flexibility index (Phi) is 4.83. The number of amides is 1. The molecule has 1 unspecified atom stereocenters. The SMILES string of the molecule is CCC(O)(CNC(=O)C1=COCC1)c1ccc(Br)cc1. The van der Waals surface area contributed by atoms with E-state index in [2.05, 4.69) is 21.2 Å². The Bertz CT molecular complexity index is 512. The molecule has 1 heterocycles. The number of halogens is 1. The van der Waals surface area contributed by atoms with E-state index in [0.29, 0.717) is 25.0 Å². The van der Waals surface area contributed by atoms with Gasteiger partial charge in [0, 0.05) is 10.9 Å². The molecule has 108 valence electrons. The standard InChI is InChI=1S/C15H18BrNO3/c1-2-15(19,12-3-5-13(16)6-4-12)10-17-14(18)11-7-8-20-9-11/h3-6,9,19H,2,7-8,10H2,1H3,(H,17,18). The molecule has 0 aliphatic carbocycles. The largest absolute Gasteiger partial charge is 0.500 e. The van der Waals surface area contributed by atoms with Crippen LogP contribution < -0.4 is 5.32 Å². The van der Waals surface area contributed by atoms with E-state index in [0.717, 1.165) is 10.0 Å². The van der Waals surface area contributed by atoms with Crippen molar-refractivity contribution in [3.05, 3.63) is 46.1 Å². The van der Waals surface area contributed by atoms with Crippen molar-refractivity contribution in [1.29, 1.82) is 0 Å². The van der Waals surface area contributed by atoms with Crippen LogP contribution in [-0.2, 0) is 15.1 Å². The Morgan fingerprint density at radius 1 is 1.45 bits per heavy atom. The van der Waals surface area contributed by atoms with Crippen LogP contribution in [0.4, 0.5) is 0 Å². The van der Waals surface area contributed by atoms with Gasteiger partial charge in [-0.2, -0.15) is 0 Å². The number of rotatable bonds is 5. The van der Waals surface area contributed by atoms with E-state index in [-0.39, 0.29) is 12.5 Å². The minimum atomic E-state index is -1.06. The first-order valence-electron chi connectivity index (χ1n) is 6.62. The maximum Gasteiger partial charge on any atom is 0.250 e. The van der Waals surface area contributed by atoms with Crippen molar-refractivity contribution in [3.8, 4) is 0 Å². The van der Waals surface area contributed by atoms with Crippen LogP contribution in [0.3, 0.4) is 0 Å². The average molecular weight is 340 g/mol. The third kappa shape index (κ3) is 3.41. The zero-order valence-corrected chi connectivity index (χ0v) is 12.9. The van der Waals surface area contributed by atoms with E-state index in [4.69, 9.17) is 4.74 Å². The third-order valence-corrected chi connectivity index (χ3v) is 4.04. The highest BCUT2D eigenvalue weighted by Gasteiger charge is 2.28. The van der Waals surface area contributed by atoms with Gasteiger partial charge < -0.3 is 15.2 Å². The van der Waals surface area contributed by atoms with Crippen LogP contribution >= 0.6 is 15.9 Å². The molecule has 20 heavy (non-hydrogen) atoms. The number of carbonyl (C=O) groups is 1. The summed E-state index contributed by atoms with van der Waals surface area (Å²) in [5, 5.41) is 13.5. The monoisotopic (exact) mass is 339 g/mol. The predicted molar refractivity (Wildman–Crippen MR) is 80.0 cm³/mol. The van der Waals surface area contributed by atoms with Gasteiger partial charge in [0.05, 0.1) is 25.0 Å². The van der Waals surface area contributed by atoms with Crippen LogP contribution in [-0.4, -0.2) is 24.2 Å². The van der Waals surface area contributed by atoms with Crippen LogP contribution in [0.25, 0.3) is 0 Å². The Labute approximate surface area is 127 Å². The number of hydrogen-bond acceptors (Lipinski definition) is 3. The van der Waals surface area contributed by atoms with Crippen molar-refractivity contribution in [2.45, 2.75) is 25.4 Å². The molecule has 0 saturated carbocycles. The van der Waals surface area contributed by atoms with Crippen LogP contribution in [0.2, 0.25) is 0 Å². The molecule has 1 aromatic rings. The van der Waals surface area contributed by atoms with Gasteiger partial charge in [0.25, 0.3) is 5.91 Å². The molecule has 2 N–H and O–H groups in total. The van der Waals surface area contributed by atoms with Gasteiger partial charge in [-0.15, -0.1) is 0 Å². The summed E-state index contributed by atoms with van der Waals surface area (Å²) in [5.41, 5.74) is 0.357. The van der Waals surface area contributed by atoms with Gasteiger partial charge in [0.1, 0.15) is 5.60 Å². The zero-order chi connectivity index (χ0) is 14.6. The van der Waals surface area contributed by atoms with Gasteiger partial charge in [-0.25, -0.2) is 0 Å². The molecule has 1 aromatic carbocycles. The lowest BCUT2D eigenvalue weighted by Gasteiger charge is -2.27. The van der Waals surface area contributed by atoms with E-state index >= 15 is 0 Å². The molecule has 1 aliphatic heterocycles. The molecule has 1 atom stereocenters. The number of hydrogen-bond donors (Lipinski definition) is 2. The Morgan fingerprint density at radius 2 is 2.15 bits per heavy atom. The summed E-state index contributed by atoms with van der Waals surface area (Å²) in [6.45, 7) is 2.63. The lowest BCUT2D eigenvalue weighted by molar-refractivity contribution is -0.119. The minimum Gasteiger partial charge on any atom is -0.500 e. The average Bonchev–Trinajstić information content (AvgIpc) is 2.99. The molecule has 0 bridgehead atoms. The van der Waals surface area contributed by atoms with Gasteiger partial charge in [-0.1, -0.05) is 35.0 Å². The van der Waals surface area contributed by atoms with Gasteiger partial charge in [-0.05, 0) is 24.1 Å². The fraction of sp³-hybridized carbons (Fsp3) is 0.400. The molecule has 0 fully saturated rings. The molecule has 4 nitrogen and oxygen atoms in total. The molecule has 0 aromatic heterocycles. The second-order valence-electron chi connectivity index (χ2n) is 4.84. The van der Waals surface area contributed by atoms with Crippen LogP contribution in [0.1, 0.15) is 25.3 Å². The highest BCUT2D eigenvalue weighted by molar-refractivity contribution is 9.10. The van der Waals surface area contributed by atoms with E-state index < -0.39 is 5.60 Å². The predicted octanol–water partition coefficient (Wildman–Crippen LogP) is 2.47. The van der Waals surface area contributed by atoms with Crippen molar-refractivity contribution in [2.75, 3.05) is 13.2 Å². The quantitative estimate of drug-likeness (QED) is 0.866. The smallest absolute Gasteiger partial charge is 0.250 e. The molecule has 1 amide bonds. The summed E-state index contributed by atoms with van der Waals surface area (Å²) in [6.07, 6.45) is 2.62. The van der Waals surface area contributed by atoms with Crippen molar-refractivity contribution >= 4 is 21.8 Å². The second kappa shape index (κ2) is 6.41. The number of carbonyl (C=O) groups excluding carboxylic acids is 1. The first kappa shape index (κ1) is 15.1. The molecule has 1 aliphatic rings. The van der Waals surface area contributed by atoms with Crippen LogP contribution in [0.15, 0.2) is 40.6 Å². The lowest BCUT2D eigenvalue weighted by Crippen LogP contribution is -2.40. The topological polar surface area (TPSA) is 58.6 Å². The van der Waals surface area contributed by atoms with E-state index in [1.807, 2.05) is 31.2 Å². The third-order valence-electron chi connectivity index (χ3n) is 3.51. The number of aliphatic hydroxyl groups is 1. The molecule has 0 radical (unpaired) electrons. The molecular weight excluding hydrogens is 322 g/mol. The van der Waals surface area contributed by atoms with Gasteiger partial charge >= 0.3 is 0 Å². The van der Waals surface area contributed by atoms with E-state index in [1.165, 1.54) is 6.26 Å². The number of nitrogens with one attached hydrogen (secondary N) is 1. The molecule has 5 heteroatoms. The fourth-order valence-corrected chi connectivity index (χ4v) is 2.35. The van der Waals surface area contributed by atoms with Gasteiger partial charge in [-0.3, -0.25) is 4.79 Å². The molecular formula is C15H18BrNO3. The van der Waals surface area contributed by atoms with Crippen molar-refractivity contribution in [3.63, 3.8) is 0 Å². The number of benzene rings is 1. The Hall–Kier alpha value is -1.33. The first-order valence-corrected chi connectivity index (χ1v) is 7.42. The summed E-state index contributed by atoms with van der Waals surface area (Å²) in [4.78, 5) is 11.9. The molecule has 0 spiro atoms. The lowest BCUT2D eigenvalue weighted by atomic mass is 9.91. The Morgan fingerprint density at radius 3 is 2.70 bits per heavy atom. The van der Waals surface area contributed by atoms with Crippen molar-refractivity contribution < 1.29 is 14.6 Å². The van der Waals surface area contributed by atoms with Crippen LogP contribution in [0, 0.1) is 0 Å². The van der Waals surface area contributed by atoms with Crippen molar-refractivity contribution in [1.82, 2.24) is 5.32 Å². The van der Waals surface area contributed by atoms with Crippen LogP contribution in [0.5, 0.6) is 0 Å². The number of ether oxygens (including phenoxy) is 1. The Balaban J connectivity index is 2.03. The van der Waals surface area contributed by atoms with E-state index in [1.54, 1.807) is 0 Å². The fourth-order valence-electron chi connectivity index (χ4n) is 2.09. The first-order chi connectivity index (χ1) is 9.55. The van der Waals surface area contributed by atoms with E-state index in [9.17, 15) is 9.90 Å². The zero-order valence-electron chi connectivity index (χ0n) is 11.4. The highest BCUT2D eigenvalue weighted by atomic mass is 79.9. The summed E-state index contributed by atoms with van der Waals surface area (Å²) in [5.74, 6) is -0.175. The second-order valence-corrected chi connectivity index (χ2v) is 5.75. The maximum atomic E-state index is 11.9. The normalized spacial score (nSPS) is 17.1. The highest BCUT2D eigenvalue weighted by Crippen LogP contribution is 2.26. The van der Waals surface area contributed by atoms with Gasteiger partial charge in [0.2, 0.25) is 0 Å². The maximum absolute atomic E-state index is 11.9. The summed E-state index contributed by atoms with van der Waals surface area (Å²) in [6, 6.07) is 7.48. The molecule has 0 saturated heterocycles. The van der Waals surface area contributed by atoms with Crippen molar-refractivity contribution in [2.24, 2.45) is 0 Å². The summed E-state index contributed by atoms with van der Waals surface area (Å²) in [7, 11) is 0. The van der Waals surface area contributed by atoms with Gasteiger partial charge in [0.15, 0.2) is 0 Å². The summed E-state index contributed by atoms with van der Waals surface area (Å²) < 4.78 is 6.00. The summed E-state index contributed by atoms with van der Waals surface area (Å²) >= 11 is 3.37. The molecule has 2 rings (SSSR count). The minimum absolute atomic E-state index is 0.175.